The number of nitro benzene ring substituents is 1. The molecule has 0 atom stereocenters. The molecule has 28 heavy (non-hydrogen) atoms. The highest BCUT2D eigenvalue weighted by molar-refractivity contribution is 9.10. The van der Waals surface area contributed by atoms with E-state index in [1.54, 1.807) is 36.7 Å². The number of amides is 1. The molecule has 2 heterocycles. The number of hydrogen-bond donors (Lipinski definition) is 0. The molecule has 0 saturated heterocycles. The third-order valence-electron chi connectivity index (χ3n) is 3.35. The summed E-state index contributed by atoms with van der Waals surface area (Å²) < 4.78 is 7.31. The number of benzene rings is 1. The molecule has 1 aromatic carbocycles. The molecular weight excluding hydrogens is 475 g/mol. The highest BCUT2D eigenvalue weighted by Gasteiger charge is 2.30. The fourth-order valence-electron chi connectivity index (χ4n) is 2.16. The Morgan fingerprint density at radius 3 is 2.43 bits per heavy atom. The Balaban J connectivity index is 0.00000280. The minimum atomic E-state index is -0.768. The zero-order chi connectivity index (χ0) is 19.4. The maximum atomic E-state index is 12.8. The van der Waals surface area contributed by atoms with Gasteiger partial charge < -0.3 is 17.1 Å². The van der Waals surface area contributed by atoms with Gasteiger partial charge >= 0.3 is 6.09 Å². The van der Waals surface area contributed by atoms with E-state index >= 15 is 0 Å². The van der Waals surface area contributed by atoms with Crippen LogP contribution in [-0.4, -0.2) is 16.0 Å². The van der Waals surface area contributed by atoms with Crippen LogP contribution in [0.15, 0.2) is 71.6 Å². The van der Waals surface area contributed by atoms with Gasteiger partial charge in [0.05, 0.1) is 14.4 Å². The second-order valence-electron chi connectivity index (χ2n) is 5.15. The molecule has 0 N–H and O–H groups in total. The van der Waals surface area contributed by atoms with Crippen LogP contribution in [0.2, 0.25) is 5.02 Å². The fraction of sp³-hybridized carbons (Fsp3) is 0. The number of anilines is 1. The van der Waals surface area contributed by atoms with E-state index < -0.39 is 11.0 Å². The lowest BCUT2D eigenvalue weighted by atomic mass is 10.3. The van der Waals surface area contributed by atoms with Gasteiger partial charge in [-0.2, -0.15) is 0 Å². The van der Waals surface area contributed by atoms with Gasteiger partial charge in [0.25, 0.3) is 5.69 Å². The van der Waals surface area contributed by atoms with Gasteiger partial charge in [-0.15, -0.1) is 0 Å². The zero-order valence-corrected chi connectivity index (χ0v) is 17.0. The number of aromatic nitrogens is 2. The molecule has 3 rings (SSSR count). The first kappa shape index (κ1) is 21.5. The van der Waals surface area contributed by atoms with E-state index in [0.717, 1.165) is 0 Å². The van der Waals surface area contributed by atoms with E-state index in [1.165, 1.54) is 40.1 Å². The monoisotopic (exact) mass is 484 g/mol. The Hall–Kier alpha value is -2.75. The highest BCUT2D eigenvalue weighted by atomic mass is 79.9. The van der Waals surface area contributed by atoms with E-state index in [1.807, 2.05) is 0 Å². The van der Waals surface area contributed by atoms with Gasteiger partial charge in [-0.3, -0.25) is 10.1 Å². The molecule has 0 fully saturated rings. The summed E-state index contributed by atoms with van der Waals surface area (Å²) in [5.41, 5.74) is -0.105. The largest absolute Gasteiger partial charge is 1.00 e. The molecule has 1 amide bonds. The van der Waals surface area contributed by atoms with E-state index in [4.69, 9.17) is 16.3 Å². The smallest absolute Gasteiger partial charge is 0.475 e. The molecule has 0 radical (unpaired) electrons. The van der Waals surface area contributed by atoms with Crippen LogP contribution in [0.1, 0.15) is 0 Å². The fourth-order valence-corrected chi connectivity index (χ4v) is 2.96. The predicted octanol–water partition coefficient (Wildman–Crippen LogP) is 1.17. The van der Waals surface area contributed by atoms with Crippen molar-refractivity contribution in [3.05, 3.63) is 86.7 Å². The van der Waals surface area contributed by atoms with Crippen LogP contribution in [-0.2, 0) is 0 Å². The van der Waals surface area contributed by atoms with Crippen LogP contribution in [0.3, 0.4) is 0 Å². The summed E-state index contributed by atoms with van der Waals surface area (Å²) in [4.78, 5) is 27.2. The van der Waals surface area contributed by atoms with E-state index in [2.05, 4.69) is 20.9 Å². The van der Waals surface area contributed by atoms with Gasteiger partial charge in [0, 0.05) is 30.5 Å². The van der Waals surface area contributed by atoms with Gasteiger partial charge in [-0.05, 0) is 39.1 Å². The van der Waals surface area contributed by atoms with E-state index in [0.29, 0.717) is 9.50 Å². The number of carbonyl (C=O) groups is 1. The minimum absolute atomic E-state index is 0. The van der Waals surface area contributed by atoms with Crippen molar-refractivity contribution in [1.82, 2.24) is 4.98 Å². The van der Waals surface area contributed by atoms with E-state index in [-0.39, 0.29) is 29.7 Å². The molecule has 3 aromatic rings. The highest BCUT2D eigenvalue weighted by Crippen LogP contribution is 2.26. The van der Waals surface area contributed by atoms with Crippen LogP contribution in [0.5, 0.6) is 5.75 Å². The Labute approximate surface area is 179 Å². The summed E-state index contributed by atoms with van der Waals surface area (Å²) in [7, 11) is 0. The average molecular weight is 486 g/mol. The maximum absolute atomic E-state index is 12.8. The number of rotatable bonds is 4. The van der Waals surface area contributed by atoms with Gasteiger partial charge in [0.15, 0.2) is 0 Å². The molecule has 0 spiro atoms. The number of nitrogens with zero attached hydrogens (tertiary/aromatic N) is 4. The second kappa shape index (κ2) is 9.45. The van der Waals surface area contributed by atoms with Crippen molar-refractivity contribution in [3.63, 3.8) is 0 Å². The van der Waals surface area contributed by atoms with Crippen molar-refractivity contribution in [1.29, 1.82) is 0 Å². The van der Waals surface area contributed by atoms with Gasteiger partial charge in [-0.25, -0.2) is 9.78 Å². The maximum Gasteiger partial charge on any atom is 0.475 e. The quantitative estimate of drug-likeness (QED) is 0.314. The van der Waals surface area contributed by atoms with Crippen molar-refractivity contribution in [2.24, 2.45) is 0 Å². The van der Waals surface area contributed by atoms with Crippen LogP contribution in [0.4, 0.5) is 16.3 Å². The third-order valence-corrected chi connectivity index (χ3v) is 4.14. The summed E-state index contributed by atoms with van der Waals surface area (Å²) in [6.07, 6.45) is 3.91. The zero-order valence-electron chi connectivity index (χ0n) is 13.9. The number of pyridine rings is 2. The summed E-state index contributed by atoms with van der Waals surface area (Å²) in [5.74, 6) is 0.403. The van der Waals surface area contributed by atoms with Crippen LogP contribution in [0.25, 0.3) is 0 Å². The molecule has 0 aliphatic rings. The molecular formula is C17H11BrCl2N4O4. The van der Waals surface area contributed by atoms with Gasteiger partial charge in [-0.1, -0.05) is 22.3 Å². The molecule has 0 bridgehead atoms. The lowest BCUT2D eigenvalue weighted by molar-refractivity contribution is -0.675. The van der Waals surface area contributed by atoms with Crippen LogP contribution >= 0.6 is 27.5 Å². The van der Waals surface area contributed by atoms with Gasteiger partial charge in [0.1, 0.15) is 5.75 Å². The number of halogens is 3. The standard InChI is InChI=1S/C17H11BrClN4O4.ClH/c18-15-10-12(19)11-20-16(15)22(21-8-2-1-3-9-21)17(24)27-14-6-4-13(5-7-14)23(25)26;/h1-11H;1H/q+1;/p-1. The number of hydrogen-bond acceptors (Lipinski definition) is 5. The Morgan fingerprint density at radius 1 is 1.21 bits per heavy atom. The molecule has 0 unspecified atom stereocenters. The van der Waals surface area contributed by atoms with Crippen molar-refractivity contribution in [2.45, 2.75) is 0 Å². The van der Waals surface area contributed by atoms with Crippen molar-refractivity contribution < 1.29 is 31.5 Å². The van der Waals surface area contributed by atoms with Crippen LogP contribution in [0, 0.1) is 10.1 Å². The first-order valence-corrected chi connectivity index (χ1v) is 8.67. The molecule has 0 saturated carbocycles. The molecule has 2 aromatic heterocycles. The van der Waals surface area contributed by atoms with Crippen molar-refractivity contribution in [3.8, 4) is 5.75 Å². The normalized spacial score (nSPS) is 9.93. The molecule has 0 aliphatic carbocycles. The molecule has 11 heteroatoms. The number of non-ortho nitro benzene ring substituents is 1. The first-order chi connectivity index (χ1) is 13.0. The summed E-state index contributed by atoms with van der Waals surface area (Å²) in [6, 6.07) is 12.0. The van der Waals surface area contributed by atoms with Crippen molar-refractivity contribution in [2.75, 3.05) is 5.01 Å². The Kier molecular flexibility index (Phi) is 7.27. The topological polar surface area (TPSA) is 89.4 Å². The molecule has 144 valence electrons. The van der Waals surface area contributed by atoms with Crippen LogP contribution < -0.4 is 26.8 Å². The number of carbonyl (C=O) groups excluding carboxylic acids is 1. The van der Waals surface area contributed by atoms with Gasteiger partial charge in [0.2, 0.25) is 18.2 Å². The SMILES string of the molecule is O=C(Oc1ccc([N+](=O)[O-])cc1)N(c1ncc(Cl)cc1Br)[n+]1ccccc1.[Cl-]. The first-order valence-electron chi connectivity index (χ1n) is 7.50. The van der Waals surface area contributed by atoms with Crippen molar-refractivity contribution >= 4 is 45.1 Å². The predicted molar refractivity (Wildman–Crippen MR) is 101 cm³/mol. The Morgan fingerprint density at radius 2 is 1.86 bits per heavy atom. The second-order valence-corrected chi connectivity index (χ2v) is 6.44. The number of ether oxygens (including phenoxy) is 1. The van der Waals surface area contributed by atoms with E-state index in [9.17, 15) is 14.9 Å². The molecule has 0 aliphatic heterocycles. The Bertz CT molecular complexity index is 990. The number of nitro groups is 1. The average Bonchev–Trinajstić information content (AvgIpc) is 2.65. The lowest BCUT2D eigenvalue weighted by Gasteiger charge is -2.15. The minimum Gasteiger partial charge on any atom is -1.00 e. The molecule has 8 nitrogen and oxygen atoms in total. The summed E-state index contributed by atoms with van der Waals surface area (Å²) >= 11 is 9.27. The summed E-state index contributed by atoms with van der Waals surface area (Å²) in [6.45, 7) is 0. The lowest BCUT2D eigenvalue weighted by Crippen LogP contribution is -3.00. The third kappa shape index (κ3) is 4.94. The summed E-state index contributed by atoms with van der Waals surface area (Å²) in [5, 5.41) is 12.3.